The summed E-state index contributed by atoms with van der Waals surface area (Å²) < 4.78 is 0. The van der Waals surface area contributed by atoms with Crippen LogP contribution >= 0.6 is 0 Å². The third-order valence-electron chi connectivity index (χ3n) is 5.60. The monoisotopic (exact) mass is 290 g/mol. The number of rotatable bonds is 6. The van der Waals surface area contributed by atoms with Crippen LogP contribution < -0.4 is 10.6 Å². The van der Waals surface area contributed by atoms with Crippen LogP contribution in [0, 0.1) is 23.2 Å². The molecule has 0 heterocycles. The summed E-state index contributed by atoms with van der Waals surface area (Å²) in [6, 6.07) is 0. The Kier molecular flexibility index (Phi) is 4.05. The molecule has 0 aromatic rings. The lowest BCUT2D eigenvalue weighted by molar-refractivity contribution is -0.146. The zero-order chi connectivity index (χ0) is 14.9. The number of hydrogen-bond acceptors (Lipinski definition) is 2. The van der Waals surface area contributed by atoms with Crippen LogP contribution in [0.15, 0.2) is 12.7 Å². The minimum Gasteiger partial charge on any atom is -0.355 e. The van der Waals surface area contributed by atoms with Gasteiger partial charge < -0.3 is 10.6 Å². The van der Waals surface area contributed by atoms with Crippen LogP contribution in [0.5, 0.6) is 0 Å². The van der Waals surface area contributed by atoms with E-state index in [1.54, 1.807) is 6.08 Å². The predicted octanol–water partition coefficient (Wildman–Crippen LogP) is 2.01. The van der Waals surface area contributed by atoms with Crippen molar-refractivity contribution in [2.75, 3.05) is 13.1 Å². The van der Waals surface area contributed by atoms with Crippen molar-refractivity contribution >= 4 is 11.8 Å². The highest BCUT2D eigenvalue weighted by molar-refractivity contribution is 5.84. The van der Waals surface area contributed by atoms with Crippen molar-refractivity contribution < 1.29 is 9.59 Å². The Balaban J connectivity index is 1.49. The SMILES string of the molecule is C=CCNC(=O)CCNC(=O)C12CC3CC(CC(C3)C1)C2. The number of hydrogen-bond donors (Lipinski definition) is 2. The Bertz CT molecular complexity index is 409. The lowest BCUT2D eigenvalue weighted by Gasteiger charge is -2.55. The van der Waals surface area contributed by atoms with E-state index >= 15 is 0 Å². The van der Waals surface area contributed by atoms with E-state index in [0.29, 0.717) is 19.5 Å². The first-order valence-electron chi connectivity index (χ1n) is 8.27. The fraction of sp³-hybridized carbons (Fsp3) is 0.765. The summed E-state index contributed by atoms with van der Waals surface area (Å²) in [5.74, 6) is 2.51. The van der Waals surface area contributed by atoms with E-state index in [2.05, 4.69) is 17.2 Å². The summed E-state index contributed by atoms with van der Waals surface area (Å²) in [4.78, 5) is 24.2. The summed E-state index contributed by atoms with van der Waals surface area (Å²) in [6.07, 6.45) is 9.27. The van der Waals surface area contributed by atoms with Crippen LogP contribution in [0.25, 0.3) is 0 Å². The predicted molar refractivity (Wildman–Crippen MR) is 81.4 cm³/mol. The topological polar surface area (TPSA) is 58.2 Å². The molecule has 4 aliphatic carbocycles. The normalized spacial score (nSPS) is 36.3. The second kappa shape index (κ2) is 5.82. The van der Waals surface area contributed by atoms with Gasteiger partial charge in [-0.1, -0.05) is 6.08 Å². The minimum atomic E-state index is -0.105. The molecule has 4 fully saturated rings. The molecule has 0 atom stereocenters. The van der Waals surface area contributed by atoms with Crippen LogP contribution in [0.1, 0.15) is 44.9 Å². The molecule has 0 saturated heterocycles. The van der Waals surface area contributed by atoms with Gasteiger partial charge in [-0.25, -0.2) is 0 Å². The van der Waals surface area contributed by atoms with Gasteiger partial charge in [0.05, 0.1) is 0 Å². The Morgan fingerprint density at radius 2 is 1.62 bits per heavy atom. The van der Waals surface area contributed by atoms with E-state index in [9.17, 15) is 9.59 Å². The van der Waals surface area contributed by atoms with Gasteiger partial charge >= 0.3 is 0 Å². The number of carbonyl (C=O) groups is 2. The molecule has 0 spiro atoms. The molecule has 0 radical (unpaired) electrons. The Hall–Kier alpha value is -1.32. The van der Waals surface area contributed by atoms with Crippen molar-refractivity contribution in [3.05, 3.63) is 12.7 Å². The van der Waals surface area contributed by atoms with Crippen molar-refractivity contribution in [2.45, 2.75) is 44.9 Å². The fourth-order valence-corrected chi connectivity index (χ4v) is 5.14. The van der Waals surface area contributed by atoms with Gasteiger partial charge in [-0.2, -0.15) is 0 Å². The first-order valence-corrected chi connectivity index (χ1v) is 8.27. The molecule has 4 nitrogen and oxygen atoms in total. The van der Waals surface area contributed by atoms with E-state index in [4.69, 9.17) is 0 Å². The molecular weight excluding hydrogens is 264 g/mol. The van der Waals surface area contributed by atoms with E-state index in [-0.39, 0.29) is 17.2 Å². The number of nitrogens with one attached hydrogen (secondary N) is 2. The molecule has 4 bridgehead atoms. The first kappa shape index (κ1) is 14.6. The molecule has 0 aromatic heterocycles. The van der Waals surface area contributed by atoms with Crippen molar-refractivity contribution in [1.82, 2.24) is 10.6 Å². The van der Waals surface area contributed by atoms with Gasteiger partial charge in [0.2, 0.25) is 11.8 Å². The van der Waals surface area contributed by atoms with Gasteiger partial charge in [-0.15, -0.1) is 6.58 Å². The van der Waals surface area contributed by atoms with Crippen LogP contribution in [-0.2, 0) is 9.59 Å². The molecular formula is C17H26N2O2. The minimum absolute atomic E-state index is 0.0271. The maximum absolute atomic E-state index is 12.6. The molecule has 4 saturated carbocycles. The number of carbonyl (C=O) groups excluding carboxylic acids is 2. The highest BCUT2D eigenvalue weighted by Crippen LogP contribution is 2.60. The smallest absolute Gasteiger partial charge is 0.226 e. The average molecular weight is 290 g/mol. The largest absolute Gasteiger partial charge is 0.355 e. The van der Waals surface area contributed by atoms with Gasteiger partial charge in [0.25, 0.3) is 0 Å². The van der Waals surface area contributed by atoms with Crippen molar-refractivity contribution in [1.29, 1.82) is 0 Å². The van der Waals surface area contributed by atoms with E-state index in [1.807, 2.05) is 0 Å². The zero-order valence-electron chi connectivity index (χ0n) is 12.7. The quantitative estimate of drug-likeness (QED) is 0.735. The third-order valence-corrected chi connectivity index (χ3v) is 5.60. The maximum Gasteiger partial charge on any atom is 0.226 e. The lowest BCUT2D eigenvalue weighted by Crippen LogP contribution is -2.53. The van der Waals surface area contributed by atoms with Gasteiger partial charge in [0, 0.05) is 24.9 Å². The second-order valence-electron chi connectivity index (χ2n) is 7.30. The van der Waals surface area contributed by atoms with E-state index in [1.165, 1.54) is 19.3 Å². The van der Waals surface area contributed by atoms with Crippen molar-refractivity contribution in [3.8, 4) is 0 Å². The summed E-state index contributed by atoms with van der Waals surface area (Å²) in [5, 5.41) is 5.75. The summed E-state index contributed by atoms with van der Waals surface area (Å²) in [7, 11) is 0. The number of amides is 2. The van der Waals surface area contributed by atoms with Gasteiger partial charge in [-0.3, -0.25) is 9.59 Å². The van der Waals surface area contributed by atoms with Crippen molar-refractivity contribution in [2.24, 2.45) is 23.2 Å². The van der Waals surface area contributed by atoms with Crippen LogP contribution in [0.4, 0.5) is 0 Å². The molecule has 4 aliphatic rings. The van der Waals surface area contributed by atoms with E-state index < -0.39 is 0 Å². The summed E-state index contributed by atoms with van der Waals surface area (Å²) in [6.45, 7) is 4.50. The molecule has 2 amide bonds. The maximum atomic E-state index is 12.6. The second-order valence-corrected chi connectivity index (χ2v) is 7.30. The highest BCUT2D eigenvalue weighted by Gasteiger charge is 2.54. The Morgan fingerprint density at radius 3 is 2.14 bits per heavy atom. The van der Waals surface area contributed by atoms with Gasteiger partial charge in [-0.05, 0) is 56.3 Å². The molecule has 0 aromatic carbocycles. The molecule has 0 unspecified atom stereocenters. The molecule has 2 N–H and O–H groups in total. The van der Waals surface area contributed by atoms with Crippen LogP contribution in [0.3, 0.4) is 0 Å². The molecule has 0 aliphatic heterocycles. The van der Waals surface area contributed by atoms with Crippen LogP contribution in [0.2, 0.25) is 0 Å². The molecule has 116 valence electrons. The van der Waals surface area contributed by atoms with E-state index in [0.717, 1.165) is 37.0 Å². The Morgan fingerprint density at radius 1 is 1.05 bits per heavy atom. The molecule has 4 rings (SSSR count). The molecule has 21 heavy (non-hydrogen) atoms. The molecule has 4 heteroatoms. The summed E-state index contributed by atoms with van der Waals surface area (Å²) >= 11 is 0. The van der Waals surface area contributed by atoms with Gasteiger partial charge in [0.1, 0.15) is 0 Å². The third kappa shape index (κ3) is 2.99. The zero-order valence-corrected chi connectivity index (χ0v) is 12.7. The Labute approximate surface area is 126 Å². The van der Waals surface area contributed by atoms with Crippen molar-refractivity contribution in [3.63, 3.8) is 0 Å². The summed E-state index contributed by atoms with van der Waals surface area (Å²) in [5.41, 5.74) is -0.105. The average Bonchev–Trinajstić information content (AvgIpc) is 2.43. The first-order chi connectivity index (χ1) is 10.1. The van der Waals surface area contributed by atoms with Crippen LogP contribution in [-0.4, -0.2) is 24.9 Å². The highest BCUT2D eigenvalue weighted by atomic mass is 16.2. The van der Waals surface area contributed by atoms with Gasteiger partial charge in [0.15, 0.2) is 0 Å². The fourth-order valence-electron chi connectivity index (χ4n) is 5.14. The lowest BCUT2D eigenvalue weighted by atomic mass is 9.49. The standard InChI is InChI=1S/C17H26N2O2/c1-2-4-18-15(20)3-5-19-16(21)17-9-12-6-13(10-17)8-14(7-12)11-17/h2,12-14H,1,3-11H2,(H,18,20)(H,19,21).